The van der Waals surface area contributed by atoms with Gasteiger partial charge in [0.15, 0.2) is 6.61 Å². The molecule has 0 aliphatic heterocycles. The second kappa shape index (κ2) is 6.28. The van der Waals surface area contributed by atoms with Crippen molar-refractivity contribution >= 4 is 11.7 Å². The minimum atomic E-state index is -0.608. The molecule has 1 aromatic heterocycles. The summed E-state index contributed by atoms with van der Waals surface area (Å²) in [7, 11) is 0. The van der Waals surface area contributed by atoms with E-state index in [9.17, 15) is 14.9 Å². The molecule has 0 spiro atoms. The maximum absolute atomic E-state index is 12.2. The van der Waals surface area contributed by atoms with Crippen LogP contribution in [0.1, 0.15) is 38.5 Å². The standard InChI is InChI=1S/C18H23N3O4/c22-16(10-25-15-2-1-3-19-17(15)21(23)24)20-11-18-7-12-4-13(8-18)6-14(5-12)9-18/h1-3,12-14H,4-11H2,(H,20,22). The summed E-state index contributed by atoms with van der Waals surface area (Å²) in [5, 5.41) is 13.9. The van der Waals surface area contributed by atoms with E-state index in [-0.39, 0.29) is 29.5 Å². The van der Waals surface area contributed by atoms with Crippen LogP contribution in [0.3, 0.4) is 0 Å². The van der Waals surface area contributed by atoms with E-state index in [1.165, 1.54) is 50.8 Å². The Morgan fingerprint density at radius 2 is 1.92 bits per heavy atom. The van der Waals surface area contributed by atoms with Gasteiger partial charge in [0, 0.05) is 6.54 Å². The van der Waals surface area contributed by atoms with Crippen molar-refractivity contribution in [2.75, 3.05) is 13.2 Å². The molecule has 0 aromatic carbocycles. The van der Waals surface area contributed by atoms with E-state index in [1.54, 1.807) is 6.07 Å². The molecule has 4 aliphatic carbocycles. The van der Waals surface area contributed by atoms with Crippen molar-refractivity contribution in [2.24, 2.45) is 23.2 Å². The van der Waals surface area contributed by atoms with Gasteiger partial charge in [0.1, 0.15) is 6.20 Å². The minimum Gasteiger partial charge on any atom is -0.476 e. The molecule has 4 saturated carbocycles. The smallest absolute Gasteiger partial charge is 0.406 e. The number of nitrogens with zero attached hydrogens (tertiary/aromatic N) is 2. The quantitative estimate of drug-likeness (QED) is 0.632. The highest BCUT2D eigenvalue weighted by Gasteiger charge is 2.50. The summed E-state index contributed by atoms with van der Waals surface area (Å²) < 4.78 is 5.32. The zero-order valence-corrected chi connectivity index (χ0v) is 14.1. The van der Waals surface area contributed by atoms with Gasteiger partial charge < -0.3 is 20.2 Å². The van der Waals surface area contributed by atoms with Gasteiger partial charge in [-0.1, -0.05) is 0 Å². The first kappa shape index (κ1) is 16.3. The fraction of sp³-hybridized carbons (Fsp3) is 0.667. The number of hydrogen-bond acceptors (Lipinski definition) is 5. The van der Waals surface area contributed by atoms with E-state index < -0.39 is 4.92 Å². The van der Waals surface area contributed by atoms with Gasteiger partial charge in [0.2, 0.25) is 5.75 Å². The molecule has 0 unspecified atom stereocenters. The van der Waals surface area contributed by atoms with Crippen molar-refractivity contribution in [3.8, 4) is 5.75 Å². The van der Waals surface area contributed by atoms with Crippen molar-refractivity contribution in [1.29, 1.82) is 0 Å². The Bertz CT molecular complexity index is 655. The van der Waals surface area contributed by atoms with Crippen LogP contribution in [0.4, 0.5) is 5.82 Å². The molecule has 4 aliphatic rings. The topological polar surface area (TPSA) is 94.4 Å². The largest absolute Gasteiger partial charge is 0.476 e. The monoisotopic (exact) mass is 345 g/mol. The highest BCUT2D eigenvalue weighted by Crippen LogP contribution is 2.59. The SMILES string of the molecule is O=C(COc1cccnc1[N+](=O)[O-])NCC12CC3CC(CC(C3)C1)C2. The van der Waals surface area contributed by atoms with Gasteiger partial charge in [-0.25, -0.2) is 0 Å². The number of amides is 1. The summed E-state index contributed by atoms with van der Waals surface area (Å²) in [5.41, 5.74) is 0.269. The van der Waals surface area contributed by atoms with Crippen LogP contribution in [0.15, 0.2) is 18.3 Å². The fourth-order valence-electron chi connectivity index (χ4n) is 5.62. The summed E-state index contributed by atoms with van der Waals surface area (Å²) in [6, 6.07) is 3.01. The highest BCUT2D eigenvalue weighted by atomic mass is 16.6. The minimum absolute atomic E-state index is 0.0254. The summed E-state index contributed by atoms with van der Waals surface area (Å²) in [6.07, 6.45) is 9.15. The van der Waals surface area contributed by atoms with Gasteiger partial charge in [-0.05, 0) is 83.7 Å². The molecule has 25 heavy (non-hydrogen) atoms. The molecule has 1 amide bonds. The van der Waals surface area contributed by atoms with Crippen molar-refractivity contribution in [1.82, 2.24) is 10.3 Å². The number of nitrogens with one attached hydrogen (secondary N) is 1. The van der Waals surface area contributed by atoms with Crippen molar-refractivity contribution in [2.45, 2.75) is 38.5 Å². The number of nitro groups is 1. The van der Waals surface area contributed by atoms with Gasteiger partial charge >= 0.3 is 5.82 Å². The first-order valence-electron chi connectivity index (χ1n) is 9.02. The number of hydrogen-bond donors (Lipinski definition) is 1. The highest BCUT2D eigenvalue weighted by molar-refractivity contribution is 5.77. The third-order valence-electron chi connectivity index (χ3n) is 6.11. The van der Waals surface area contributed by atoms with Crippen LogP contribution in [-0.2, 0) is 4.79 Å². The summed E-state index contributed by atoms with van der Waals surface area (Å²) in [4.78, 5) is 26.1. The molecule has 0 saturated heterocycles. The Balaban J connectivity index is 1.31. The molecular weight excluding hydrogens is 322 g/mol. The predicted molar refractivity (Wildman–Crippen MR) is 90.0 cm³/mol. The normalized spacial score (nSPS) is 32.4. The molecule has 134 valence electrons. The lowest BCUT2D eigenvalue weighted by Gasteiger charge is -2.56. The molecule has 1 N–H and O–H groups in total. The van der Waals surface area contributed by atoms with Crippen LogP contribution < -0.4 is 10.1 Å². The third-order valence-corrected chi connectivity index (χ3v) is 6.11. The Kier molecular flexibility index (Phi) is 4.09. The lowest BCUT2D eigenvalue weighted by atomic mass is 9.49. The number of rotatable bonds is 6. The van der Waals surface area contributed by atoms with E-state index >= 15 is 0 Å². The average molecular weight is 345 g/mol. The fourth-order valence-corrected chi connectivity index (χ4v) is 5.62. The molecule has 0 atom stereocenters. The molecule has 4 fully saturated rings. The second-order valence-electron chi connectivity index (χ2n) is 8.07. The Labute approximate surface area is 146 Å². The maximum atomic E-state index is 12.2. The van der Waals surface area contributed by atoms with Gasteiger partial charge in [0.25, 0.3) is 5.91 Å². The van der Waals surface area contributed by atoms with Crippen LogP contribution in [0, 0.1) is 33.3 Å². The summed E-state index contributed by atoms with van der Waals surface area (Å²) >= 11 is 0. The van der Waals surface area contributed by atoms with Crippen LogP contribution >= 0.6 is 0 Å². The zero-order valence-electron chi connectivity index (χ0n) is 14.1. The third kappa shape index (κ3) is 3.32. The summed E-state index contributed by atoms with van der Waals surface area (Å²) in [6.45, 7) is 0.479. The number of ether oxygens (including phenoxy) is 1. The lowest BCUT2D eigenvalue weighted by molar-refractivity contribution is -0.390. The molecule has 7 heteroatoms. The van der Waals surface area contributed by atoms with Crippen molar-refractivity contribution < 1.29 is 14.5 Å². The van der Waals surface area contributed by atoms with Crippen LogP contribution in [0.25, 0.3) is 0 Å². The Morgan fingerprint density at radius 1 is 1.28 bits per heavy atom. The van der Waals surface area contributed by atoms with Gasteiger partial charge in [0.05, 0.1) is 0 Å². The molecular formula is C18H23N3O4. The molecule has 5 rings (SSSR count). The molecule has 0 radical (unpaired) electrons. The van der Waals surface area contributed by atoms with E-state index in [4.69, 9.17) is 4.74 Å². The maximum Gasteiger partial charge on any atom is 0.406 e. The predicted octanol–water partition coefficient (Wildman–Crippen LogP) is 2.70. The number of pyridine rings is 1. The average Bonchev–Trinajstić information content (AvgIpc) is 2.57. The number of carbonyl (C=O) groups excluding carboxylic acids is 1. The van der Waals surface area contributed by atoms with E-state index in [2.05, 4.69) is 10.3 Å². The molecule has 1 heterocycles. The summed E-state index contributed by atoms with van der Waals surface area (Å²) in [5.74, 6) is 1.97. The van der Waals surface area contributed by atoms with E-state index in [1.807, 2.05) is 0 Å². The van der Waals surface area contributed by atoms with Crippen LogP contribution in [0.5, 0.6) is 5.75 Å². The van der Waals surface area contributed by atoms with Gasteiger partial charge in [-0.2, -0.15) is 0 Å². The van der Waals surface area contributed by atoms with Crippen molar-refractivity contribution in [3.05, 3.63) is 28.4 Å². The lowest BCUT2D eigenvalue weighted by Crippen LogP contribution is -2.51. The first-order chi connectivity index (χ1) is 12.0. The number of carbonyl (C=O) groups is 1. The van der Waals surface area contributed by atoms with E-state index in [0.29, 0.717) is 6.54 Å². The molecule has 4 bridgehead atoms. The Hall–Kier alpha value is -2.18. The molecule has 1 aromatic rings. The van der Waals surface area contributed by atoms with Crippen LogP contribution in [0.2, 0.25) is 0 Å². The first-order valence-corrected chi connectivity index (χ1v) is 9.02. The van der Waals surface area contributed by atoms with Crippen molar-refractivity contribution in [3.63, 3.8) is 0 Å². The van der Waals surface area contributed by atoms with Crippen LogP contribution in [-0.4, -0.2) is 29.0 Å². The van der Waals surface area contributed by atoms with Gasteiger partial charge in [-0.15, -0.1) is 0 Å². The second-order valence-corrected chi connectivity index (χ2v) is 8.07. The van der Waals surface area contributed by atoms with E-state index in [0.717, 1.165) is 17.8 Å². The number of aromatic nitrogens is 1. The molecule has 7 nitrogen and oxygen atoms in total. The zero-order chi connectivity index (χ0) is 17.4. The van der Waals surface area contributed by atoms with Gasteiger partial charge in [-0.3, -0.25) is 4.79 Å². The Morgan fingerprint density at radius 3 is 2.52 bits per heavy atom.